The number of ketones is 2. The van der Waals surface area contributed by atoms with Gasteiger partial charge in [-0.3, -0.25) is 18.7 Å². The zero-order valence-electron chi connectivity index (χ0n) is 28.7. The minimum atomic E-state index is -4.40. The lowest BCUT2D eigenvalue weighted by atomic mass is 10.0. The van der Waals surface area contributed by atoms with Gasteiger partial charge in [0, 0.05) is 0 Å². The second-order valence-corrected chi connectivity index (χ2v) is 15.2. The lowest BCUT2D eigenvalue weighted by molar-refractivity contribution is -0.114. The first-order valence-electron chi connectivity index (χ1n) is 15.9. The fourth-order valence-corrected chi connectivity index (χ4v) is 6.76. The zero-order valence-corrected chi connectivity index (χ0v) is 30.3. The molecule has 2 aliphatic heterocycles. The molecule has 0 aromatic heterocycles. The zero-order chi connectivity index (χ0) is 38.2. The Kier molecular flexibility index (Phi) is 9.97. The fourth-order valence-electron chi connectivity index (χ4n) is 5.63. The molecule has 272 valence electrons. The number of aryl methyl sites for hydroxylation is 2. The Morgan fingerprint density at radius 3 is 1.26 bits per heavy atom. The molecule has 2 N–H and O–H groups in total. The van der Waals surface area contributed by atoms with Crippen LogP contribution in [0.5, 0.6) is 0 Å². The van der Waals surface area contributed by atoms with Crippen molar-refractivity contribution in [2.45, 2.75) is 56.2 Å². The molecular formula is C35H32N8O8S2. The molecule has 16 nitrogen and oxygen atoms in total. The molecule has 53 heavy (non-hydrogen) atoms. The number of carbonyl (C=O) groups excluding carboxylic acids is 2. The Bertz CT molecular complexity index is 2310. The summed E-state index contributed by atoms with van der Waals surface area (Å²) in [5.41, 5.74) is 5.19. The average molecular weight is 757 g/mol. The molecule has 2 aliphatic rings. The van der Waals surface area contributed by atoms with Crippen LogP contribution < -0.4 is 10.0 Å². The van der Waals surface area contributed by atoms with Crippen molar-refractivity contribution >= 4 is 66.0 Å². The van der Waals surface area contributed by atoms with Crippen LogP contribution >= 0.6 is 0 Å². The summed E-state index contributed by atoms with van der Waals surface area (Å²) < 4.78 is 64.9. The summed E-state index contributed by atoms with van der Waals surface area (Å²) in [7, 11) is -8.80. The van der Waals surface area contributed by atoms with Gasteiger partial charge in [0.15, 0.2) is 0 Å². The number of benzene rings is 4. The largest absolute Gasteiger partial charge is 0.294 e. The van der Waals surface area contributed by atoms with Gasteiger partial charge >= 0.3 is 0 Å². The van der Waals surface area contributed by atoms with E-state index >= 15 is 0 Å². The van der Waals surface area contributed by atoms with E-state index in [2.05, 4.69) is 30.7 Å². The minimum Gasteiger partial charge on any atom is -0.288 e. The maximum Gasteiger partial charge on any atom is 0.294 e. The van der Waals surface area contributed by atoms with E-state index in [4.69, 9.17) is 0 Å². The number of Topliss-reactive ketones (excluding diaryl/α,β-unsaturated/α-hetero) is 2. The van der Waals surface area contributed by atoms with Crippen molar-refractivity contribution in [3.05, 3.63) is 107 Å². The van der Waals surface area contributed by atoms with Gasteiger partial charge in [-0.1, -0.05) is 24.3 Å². The smallest absolute Gasteiger partial charge is 0.288 e. The van der Waals surface area contributed by atoms with Crippen molar-refractivity contribution in [2.75, 3.05) is 10.0 Å². The van der Waals surface area contributed by atoms with Crippen LogP contribution in [-0.2, 0) is 36.2 Å². The predicted molar refractivity (Wildman–Crippen MR) is 195 cm³/mol. The second-order valence-electron chi connectivity index (χ2n) is 12.3. The van der Waals surface area contributed by atoms with Crippen LogP contribution in [0.1, 0.15) is 36.1 Å². The van der Waals surface area contributed by atoms with E-state index in [9.17, 15) is 35.5 Å². The first-order chi connectivity index (χ1) is 25.0. The van der Waals surface area contributed by atoms with Crippen LogP contribution in [0.15, 0.2) is 125 Å². The van der Waals surface area contributed by atoms with E-state index in [1.807, 2.05) is 24.3 Å². The number of carbonyl (C=O) groups is 2. The summed E-state index contributed by atoms with van der Waals surface area (Å²) in [5, 5.41) is 28.3. The molecule has 2 unspecified atom stereocenters. The first-order valence-corrected chi connectivity index (χ1v) is 18.8. The van der Waals surface area contributed by atoms with Crippen LogP contribution in [0.2, 0.25) is 0 Å². The third kappa shape index (κ3) is 8.00. The van der Waals surface area contributed by atoms with Gasteiger partial charge in [0.2, 0.25) is 23.9 Å². The van der Waals surface area contributed by atoms with Gasteiger partial charge in [0.25, 0.3) is 20.2 Å². The Balaban J connectivity index is 1.10. The molecule has 0 spiro atoms. The first kappa shape index (κ1) is 37.0. The predicted octanol–water partition coefficient (Wildman–Crippen LogP) is 6.14. The van der Waals surface area contributed by atoms with Gasteiger partial charge in [-0.2, -0.15) is 47.5 Å². The van der Waals surface area contributed by atoms with Crippen molar-refractivity contribution in [2.24, 2.45) is 30.7 Å². The molecule has 2 atom stereocenters. The van der Waals surface area contributed by atoms with Crippen LogP contribution in [0.4, 0.5) is 22.7 Å². The molecule has 4 aromatic carbocycles. The molecule has 0 saturated carbocycles. The summed E-state index contributed by atoms with van der Waals surface area (Å²) in [5.74, 6) is -0.712. The number of hydrogen-bond donors (Lipinski definition) is 2. The maximum absolute atomic E-state index is 12.9. The summed E-state index contributed by atoms with van der Waals surface area (Å²) in [4.78, 5) is 25.2. The Labute approximate surface area is 304 Å². The number of azo groups is 2. The highest BCUT2D eigenvalue weighted by atomic mass is 32.2. The standard InChI is InChI=1S/C35H32N8O8S2/c1-20-17-28(52(46,47)48)13-15-30(20)42-34(32(44)22(3)40-42)38-36-26-9-5-24(6-10-26)19-25-7-11-27(12-8-25)37-39-35-33(45)23(4)41-43(35)31-16-14-29(18-21(31)2)53(49,50)51/h5-18,34-35H,19H2,1-4H3,(H,46,47,48)(H,49,50,51). The summed E-state index contributed by atoms with van der Waals surface area (Å²) in [6.07, 6.45) is -1.59. The third-order valence-electron chi connectivity index (χ3n) is 8.43. The SMILES string of the molecule is CC1=NN(c2ccc(S(=O)(=O)O)cc2C)C(N=Nc2ccc(Cc3ccc(N=NC4C(=O)C(C)=NN4c4ccc(S(=O)(=O)O)cc4C)cc3)cc2)C1=O. The van der Waals surface area contributed by atoms with Crippen molar-refractivity contribution < 1.29 is 35.5 Å². The van der Waals surface area contributed by atoms with Crippen LogP contribution in [0.3, 0.4) is 0 Å². The number of hydrazone groups is 2. The molecule has 4 aromatic rings. The highest BCUT2D eigenvalue weighted by Gasteiger charge is 2.37. The van der Waals surface area contributed by atoms with Gasteiger partial charge in [0.1, 0.15) is 11.4 Å². The maximum atomic E-state index is 12.9. The minimum absolute atomic E-state index is 0.217. The molecule has 6 rings (SSSR count). The summed E-state index contributed by atoms with van der Waals surface area (Å²) in [6, 6.07) is 22.5. The lowest BCUT2D eigenvalue weighted by Crippen LogP contribution is -2.31. The van der Waals surface area contributed by atoms with Gasteiger partial charge in [-0.15, -0.1) is 0 Å². The van der Waals surface area contributed by atoms with Crippen molar-refractivity contribution in [3.8, 4) is 0 Å². The van der Waals surface area contributed by atoms with Crippen molar-refractivity contribution in [1.29, 1.82) is 0 Å². The topological polar surface area (TPSA) is 224 Å². The molecule has 2 heterocycles. The molecule has 0 fully saturated rings. The van der Waals surface area contributed by atoms with E-state index < -0.39 is 32.6 Å². The molecule has 0 saturated heterocycles. The molecule has 0 aliphatic carbocycles. The molecule has 0 amide bonds. The Hall–Kier alpha value is -5.82. The Morgan fingerprint density at radius 1 is 0.585 bits per heavy atom. The average Bonchev–Trinajstić information content (AvgIpc) is 3.55. The highest BCUT2D eigenvalue weighted by molar-refractivity contribution is 7.86. The summed E-state index contributed by atoms with van der Waals surface area (Å²) >= 11 is 0. The fraction of sp³-hybridized carbons (Fsp3) is 0.200. The van der Waals surface area contributed by atoms with E-state index in [1.54, 1.807) is 52.0 Å². The van der Waals surface area contributed by atoms with Crippen molar-refractivity contribution in [1.82, 2.24) is 0 Å². The number of nitrogens with zero attached hydrogens (tertiary/aromatic N) is 8. The Morgan fingerprint density at radius 2 is 0.943 bits per heavy atom. The van der Waals surface area contributed by atoms with E-state index in [1.165, 1.54) is 46.4 Å². The monoisotopic (exact) mass is 756 g/mol. The lowest BCUT2D eigenvalue weighted by Gasteiger charge is -2.20. The van der Waals surface area contributed by atoms with Crippen LogP contribution in [0.25, 0.3) is 0 Å². The normalized spacial score (nSPS) is 18.1. The number of anilines is 2. The van der Waals surface area contributed by atoms with E-state index in [-0.39, 0.29) is 32.8 Å². The highest BCUT2D eigenvalue weighted by Crippen LogP contribution is 2.32. The van der Waals surface area contributed by atoms with Gasteiger partial charge in [0.05, 0.1) is 32.5 Å². The van der Waals surface area contributed by atoms with Crippen molar-refractivity contribution in [3.63, 3.8) is 0 Å². The van der Waals surface area contributed by atoms with Crippen LogP contribution in [0, 0.1) is 13.8 Å². The van der Waals surface area contributed by atoms with Gasteiger partial charge in [-0.05, 0) is 117 Å². The quantitative estimate of drug-likeness (QED) is 0.139. The second kappa shape index (κ2) is 14.3. The molecule has 0 radical (unpaired) electrons. The van der Waals surface area contributed by atoms with E-state index in [0.29, 0.717) is 40.3 Å². The number of rotatable bonds is 10. The third-order valence-corrected chi connectivity index (χ3v) is 10.1. The molecule has 0 bridgehead atoms. The molecular weight excluding hydrogens is 725 g/mol. The van der Waals surface area contributed by atoms with Gasteiger partial charge < -0.3 is 0 Å². The van der Waals surface area contributed by atoms with Crippen LogP contribution in [-0.4, -0.2) is 61.3 Å². The van der Waals surface area contributed by atoms with E-state index in [0.717, 1.165) is 11.1 Å². The molecule has 18 heteroatoms. The van der Waals surface area contributed by atoms with Gasteiger partial charge in [-0.25, -0.2) is 10.0 Å². The summed E-state index contributed by atoms with van der Waals surface area (Å²) in [6.45, 7) is 6.37. The number of hydrogen-bond acceptors (Lipinski definition) is 14.